The number of nitrogen functional groups attached to an aromatic ring is 1. The minimum Gasteiger partial charge on any atom is -0.367 e. The van der Waals surface area contributed by atoms with Gasteiger partial charge in [-0.2, -0.15) is 11.8 Å². The zero-order valence-electron chi connectivity index (χ0n) is 12.1. The van der Waals surface area contributed by atoms with E-state index in [1.165, 1.54) is 32.1 Å². The maximum absolute atomic E-state index is 5.59. The van der Waals surface area contributed by atoms with Crippen LogP contribution in [0.1, 0.15) is 49.4 Å². The summed E-state index contributed by atoms with van der Waals surface area (Å²) in [7, 11) is 0. The van der Waals surface area contributed by atoms with Crippen molar-refractivity contribution in [3.05, 3.63) is 11.4 Å². The number of anilines is 2. The lowest BCUT2D eigenvalue weighted by molar-refractivity contribution is 0.746. The molecule has 6 heteroatoms. The highest BCUT2D eigenvalue weighted by Gasteiger charge is 2.29. The molecule has 0 bridgehead atoms. The van der Waals surface area contributed by atoms with E-state index in [2.05, 4.69) is 22.0 Å². The van der Waals surface area contributed by atoms with Crippen molar-refractivity contribution in [1.82, 2.24) is 9.97 Å². The van der Waals surface area contributed by atoms with Gasteiger partial charge in [0.05, 0.1) is 0 Å². The zero-order valence-corrected chi connectivity index (χ0v) is 13.0. The molecule has 2 aliphatic rings. The Labute approximate surface area is 124 Å². The van der Waals surface area contributed by atoms with Crippen LogP contribution in [0, 0.1) is 6.92 Å². The number of nitrogens with two attached hydrogens (primary N) is 1. The van der Waals surface area contributed by atoms with Gasteiger partial charge in [0.15, 0.2) is 0 Å². The van der Waals surface area contributed by atoms with E-state index in [0.717, 1.165) is 28.3 Å². The highest BCUT2D eigenvalue weighted by molar-refractivity contribution is 7.99. The van der Waals surface area contributed by atoms with E-state index >= 15 is 0 Å². The van der Waals surface area contributed by atoms with Gasteiger partial charge in [0.2, 0.25) is 0 Å². The topological polar surface area (TPSA) is 75.9 Å². The van der Waals surface area contributed by atoms with Crippen LogP contribution in [0.5, 0.6) is 0 Å². The van der Waals surface area contributed by atoms with Crippen LogP contribution in [0.15, 0.2) is 0 Å². The molecule has 3 rings (SSSR count). The van der Waals surface area contributed by atoms with Gasteiger partial charge in [0.25, 0.3) is 0 Å². The van der Waals surface area contributed by atoms with E-state index < -0.39 is 0 Å². The largest absolute Gasteiger partial charge is 0.367 e. The number of hydrazine groups is 1. The van der Waals surface area contributed by atoms with Crippen LogP contribution in [0.25, 0.3) is 0 Å². The monoisotopic (exact) mass is 293 g/mol. The summed E-state index contributed by atoms with van der Waals surface area (Å²) in [5.74, 6) is 8.77. The van der Waals surface area contributed by atoms with Crippen LogP contribution in [0.3, 0.4) is 0 Å². The fraction of sp³-hybridized carbons (Fsp3) is 0.714. The van der Waals surface area contributed by atoms with Crippen molar-refractivity contribution in [1.29, 1.82) is 0 Å². The maximum atomic E-state index is 5.59. The number of thioether (sulfide) groups is 1. The van der Waals surface area contributed by atoms with Gasteiger partial charge < -0.3 is 10.7 Å². The highest BCUT2D eigenvalue weighted by atomic mass is 32.2. The number of nitrogens with zero attached hydrogens (tertiary/aromatic N) is 2. The van der Waals surface area contributed by atoms with Gasteiger partial charge in [-0.1, -0.05) is 0 Å². The lowest BCUT2D eigenvalue weighted by atomic mass is 10.2. The normalized spacial score (nSPS) is 25.8. The van der Waals surface area contributed by atoms with Gasteiger partial charge in [-0.05, 0) is 45.3 Å². The SMILES string of the molecule is CSC1CCC(Nc2nc(C3CC3)nc(NN)c2C)C1. The second-order valence-corrected chi connectivity index (χ2v) is 6.97. The molecule has 0 aliphatic heterocycles. The van der Waals surface area contributed by atoms with E-state index in [0.29, 0.717) is 12.0 Å². The van der Waals surface area contributed by atoms with E-state index in [1.54, 1.807) is 0 Å². The van der Waals surface area contributed by atoms with Crippen molar-refractivity contribution in [2.24, 2.45) is 5.84 Å². The van der Waals surface area contributed by atoms with E-state index in [4.69, 9.17) is 10.8 Å². The first kappa shape index (κ1) is 13.9. The zero-order chi connectivity index (χ0) is 14.1. The first-order valence-electron chi connectivity index (χ1n) is 7.35. The molecule has 1 aromatic rings. The van der Waals surface area contributed by atoms with Crippen LogP contribution in [-0.4, -0.2) is 27.5 Å². The molecule has 110 valence electrons. The molecule has 0 radical (unpaired) electrons. The average Bonchev–Trinajstić information content (AvgIpc) is 3.21. The fourth-order valence-electron chi connectivity index (χ4n) is 2.82. The summed E-state index contributed by atoms with van der Waals surface area (Å²) in [5.41, 5.74) is 3.73. The Morgan fingerprint density at radius 1 is 1.15 bits per heavy atom. The molecule has 0 saturated heterocycles. The summed E-state index contributed by atoms with van der Waals surface area (Å²) < 4.78 is 0. The van der Waals surface area contributed by atoms with Crippen molar-refractivity contribution >= 4 is 23.4 Å². The molecular formula is C14H23N5S. The van der Waals surface area contributed by atoms with Crippen LogP contribution < -0.4 is 16.6 Å². The first-order valence-corrected chi connectivity index (χ1v) is 8.64. The van der Waals surface area contributed by atoms with Gasteiger partial charge in [0.1, 0.15) is 17.5 Å². The molecule has 20 heavy (non-hydrogen) atoms. The van der Waals surface area contributed by atoms with Crippen LogP contribution in [-0.2, 0) is 0 Å². The smallest absolute Gasteiger partial charge is 0.148 e. The van der Waals surface area contributed by atoms with Crippen molar-refractivity contribution in [3.63, 3.8) is 0 Å². The average molecular weight is 293 g/mol. The standard InChI is InChI=1S/C14H23N5S/c1-8-12(16-10-5-6-11(7-10)20-2)17-14(9-3-4-9)18-13(8)19-15/h9-11H,3-7,15H2,1-2H3,(H2,16,17,18,19). The summed E-state index contributed by atoms with van der Waals surface area (Å²) >= 11 is 1.97. The fourth-order valence-corrected chi connectivity index (χ4v) is 3.61. The maximum Gasteiger partial charge on any atom is 0.148 e. The Balaban J connectivity index is 1.79. The third-order valence-electron chi connectivity index (χ3n) is 4.30. The first-order chi connectivity index (χ1) is 9.71. The Kier molecular flexibility index (Phi) is 4.03. The number of aromatic nitrogens is 2. The van der Waals surface area contributed by atoms with Crippen LogP contribution in [0.4, 0.5) is 11.6 Å². The van der Waals surface area contributed by atoms with E-state index in [-0.39, 0.29) is 0 Å². The number of nitrogens with one attached hydrogen (secondary N) is 2. The van der Waals surface area contributed by atoms with Crippen LogP contribution >= 0.6 is 11.8 Å². The summed E-state index contributed by atoms with van der Waals surface area (Å²) in [6.45, 7) is 2.02. The Morgan fingerprint density at radius 3 is 2.50 bits per heavy atom. The molecule has 5 nitrogen and oxygen atoms in total. The van der Waals surface area contributed by atoms with E-state index in [9.17, 15) is 0 Å². The predicted molar refractivity (Wildman–Crippen MR) is 85.1 cm³/mol. The molecule has 0 amide bonds. The van der Waals surface area contributed by atoms with Gasteiger partial charge >= 0.3 is 0 Å². The number of rotatable bonds is 5. The van der Waals surface area contributed by atoms with Crippen molar-refractivity contribution in [2.75, 3.05) is 17.0 Å². The minimum atomic E-state index is 0.527. The number of hydrogen-bond donors (Lipinski definition) is 3. The molecule has 2 saturated carbocycles. The lowest BCUT2D eigenvalue weighted by Crippen LogP contribution is -2.20. The Morgan fingerprint density at radius 2 is 1.90 bits per heavy atom. The Hall–Kier alpha value is -1.01. The van der Waals surface area contributed by atoms with Gasteiger partial charge in [-0.25, -0.2) is 15.8 Å². The third kappa shape index (κ3) is 2.86. The molecule has 0 spiro atoms. The molecule has 2 fully saturated rings. The molecule has 2 aliphatic carbocycles. The van der Waals surface area contributed by atoms with Gasteiger partial charge in [0, 0.05) is 22.8 Å². The number of hydrogen-bond acceptors (Lipinski definition) is 6. The second-order valence-electron chi connectivity index (χ2n) is 5.83. The summed E-state index contributed by atoms with van der Waals surface area (Å²) in [5, 5.41) is 4.39. The molecule has 2 atom stereocenters. The van der Waals surface area contributed by atoms with Crippen molar-refractivity contribution in [3.8, 4) is 0 Å². The minimum absolute atomic E-state index is 0.527. The third-order valence-corrected chi connectivity index (χ3v) is 5.40. The summed E-state index contributed by atoms with van der Waals surface area (Å²) in [6.07, 6.45) is 8.33. The molecule has 1 heterocycles. The molecule has 1 aromatic heterocycles. The summed E-state index contributed by atoms with van der Waals surface area (Å²) in [6, 6.07) is 0.527. The second kappa shape index (κ2) is 5.77. The quantitative estimate of drug-likeness (QED) is 0.572. The molecule has 2 unspecified atom stereocenters. The van der Waals surface area contributed by atoms with Crippen molar-refractivity contribution in [2.45, 2.75) is 56.2 Å². The van der Waals surface area contributed by atoms with E-state index in [1.807, 2.05) is 18.7 Å². The molecule has 4 N–H and O–H groups in total. The summed E-state index contributed by atoms with van der Waals surface area (Å²) in [4.78, 5) is 9.26. The van der Waals surface area contributed by atoms with Gasteiger partial charge in [-0.15, -0.1) is 0 Å². The molecule has 0 aromatic carbocycles. The lowest BCUT2D eigenvalue weighted by Gasteiger charge is -2.18. The van der Waals surface area contributed by atoms with Gasteiger partial charge in [-0.3, -0.25) is 0 Å². The van der Waals surface area contributed by atoms with Crippen LogP contribution in [0.2, 0.25) is 0 Å². The highest BCUT2D eigenvalue weighted by Crippen LogP contribution is 2.40. The van der Waals surface area contributed by atoms with Crippen molar-refractivity contribution < 1.29 is 0 Å². The predicted octanol–water partition coefficient (Wildman–Crippen LogP) is 2.64. The molecular weight excluding hydrogens is 270 g/mol. The Bertz CT molecular complexity index is 489.